The highest BCUT2D eigenvalue weighted by Gasteiger charge is 2.22. The standard InChI is InChI=1S/C19H20F2N2O2/c20-16-7-5-15(6-8-16)19(24)23-11-9-22(10-12-23)13-14-25-18-4-2-1-3-17(18)21/h1-8H,9-14H2. The van der Waals surface area contributed by atoms with Gasteiger partial charge in [0.2, 0.25) is 0 Å². The molecule has 1 aliphatic rings. The average Bonchev–Trinajstić information content (AvgIpc) is 2.64. The van der Waals surface area contributed by atoms with E-state index < -0.39 is 0 Å². The molecule has 0 atom stereocenters. The number of nitrogens with zero attached hydrogens (tertiary/aromatic N) is 2. The molecule has 1 heterocycles. The predicted molar refractivity (Wildman–Crippen MR) is 90.6 cm³/mol. The molecule has 0 aliphatic carbocycles. The van der Waals surface area contributed by atoms with Crippen LogP contribution in [0.25, 0.3) is 0 Å². The van der Waals surface area contributed by atoms with Crippen molar-refractivity contribution in [1.82, 2.24) is 9.80 Å². The van der Waals surface area contributed by atoms with Gasteiger partial charge in [0.1, 0.15) is 12.4 Å². The molecule has 0 aromatic heterocycles. The quantitative estimate of drug-likeness (QED) is 0.835. The first-order valence-electron chi connectivity index (χ1n) is 8.28. The maximum absolute atomic E-state index is 13.5. The van der Waals surface area contributed by atoms with Gasteiger partial charge in [-0.15, -0.1) is 0 Å². The number of amides is 1. The van der Waals surface area contributed by atoms with Crippen LogP contribution in [-0.4, -0.2) is 55.0 Å². The number of carbonyl (C=O) groups excluding carboxylic acids is 1. The van der Waals surface area contributed by atoms with Crippen LogP contribution >= 0.6 is 0 Å². The summed E-state index contributed by atoms with van der Waals surface area (Å²) in [6.07, 6.45) is 0. The predicted octanol–water partition coefficient (Wildman–Crippen LogP) is 2.80. The second-order valence-electron chi connectivity index (χ2n) is 5.92. The van der Waals surface area contributed by atoms with Crippen molar-refractivity contribution in [3.63, 3.8) is 0 Å². The minimum absolute atomic E-state index is 0.0812. The van der Waals surface area contributed by atoms with Gasteiger partial charge in [-0.3, -0.25) is 9.69 Å². The van der Waals surface area contributed by atoms with E-state index in [4.69, 9.17) is 4.74 Å². The maximum atomic E-state index is 13.5. The Morgan fingerprint density at radius 3 is 2.32 bits per heavy atom. The fourth-order valence-corrected chi connectivity index (χ4v) is 2.80. The summed E-state index contributed by atoms with van der Waals surface area (Å²) in [5, 5.41) is 0. The summed E-state index contributed by atoms with van der Waals surface area (Å²) in [5.74, 6) is -0.539. The first-order valence-corrected chi connectivity index (χ1v) is 8.28. The van der Waals surface area contributed by atoms with Gasteiger partial charge in [0.25, 0.3) is 5.91 Å². The number of rotatable bonds is 5. The lowest BCUT2D eigenvalue weighted by Crippen LogP contribution is -2.49. The molecular weight excluding hydrogens is 326 g/mol. The van der Waals surface area contributed by atoms with E-state index in [-0.39, 0.29) is 23.3 Å². The molecule has 0 radical (unpaired) electrons. The van der Waals surface area contributed by atoms with Gasteiger partial charge in [-0.25, -0.2) is 8.78 Å². The normalized spacial score (nSPS) is 15.2. The zero-order valence-corrected chi connectivity index (χ0v) is 13.8. The van der Waals surface area contributed by atoms with Gasteiger partial charge in [0.15, 0.2) is 11.6 Å². The van der Waals surface area contributed by atoms with Crippen LogP contribution in [-0.2, 0) is 0 Å². The fourth-order valence-electron chi connectivity index (χ4n) is 2.80. The summed E-state index contributed by atoms with van der Waals surface area (Å²) >= 11 is 0. The van der Waals surface area contributed by atoms with E-state index in [0.717, 1.165) is 13.1 Å². The number of piperazine rings is 1. The van der Waals surface area contributed by atoms with Crippen LogP contribution in [0.1, 0.15) is 10.4 Å². The van der Waals surface area contributed by atoms with Gasteiger partial charge >= 0.3 is 0 Å². The Kier molecular flexibility index (Phi) is 5.60. The molecule has 132 valence electrons. The summed E-state index contributed by atoms with van der Waals surface area (Å²) in [4.78, 5) is 16.3. The van der Waals surface area contributed by atoms with E-state index in [2.05, 4.69) is 4.90 Å². The Morgan fingerprint density at radius 1 is 0.960 bits per heavy atom. The molecule has 0 bridgehead atoms. The number of carbonyl (C=O) groups is 1. The highest BCUT2D eigenvalue weighted by Crippen LogP contribution is 2.15. The van der Waals surface area contributed by atoms with E-state index in [9.17, 15) is 13.6 Å². The Balaban J connectivity index is 1.43. The van der Waals surface area contributed by atoms with Crippen LogP contribution in [0.4, 0.5) is 8.78 Å². The maximum Gasteiger partial charge on any atom is 0.253 e. The number of hydrogen-bond donors (Lipinski definition) is 0. The molecule has 6 heteroatoms. The second kappa shape index (κ2) is 8.07. The largest absolute Gasteiger partial charge is 0.489 e. The number of benzene rings is 2. The van der Waals surface area contributed by atoms with Crippen molar-refractivity contribution in [3.8, 4) is 5.75 Å². The second-order valence-corrected chi connectivity index (χ2v) is 5.92. The molecule has 2 aromatic carbocycles. The topological polar surface area (TPSA) is 32.8 Å². The van der Waals surface area contributed by atoms with Gasteiger partial charge < -0.3 is 9.64 Å². The lowest BCUT2D eigenvalue weighted by Gasteiger charge is -2.34. The van der Waals surface area contributed by atoms with Gasteiger partial charge in [-0.1, -0.05) is 12.1 Å². The van der Waals surface area contributed by atoms with E-state index >= 15 is 0 Å². The van der Waals surface area contributed by atoms with Crippen molar-refractivity contribution in [2.45, 2.75) is 0 Å². The van der Waals surface area contributed by atoms with Gasteiger partial charge in [-0.2, -0.15) is 0 Å². The Hall–Kier alpha value is -2.47. The highest BCUT2D eigenvalue weighted by molar-refractivity contribution is 5.94. The molecule has 1 fully saturated rings. The summed E-state index contributed by atoms with van der Waals surface area (Å²) in [6.45, 7) is 3.74. The Labute approximate surface area is 145 Å². The van der Waals surface area contributed by atoms with E-state index in [1.54, 1.807) is 23.1 Å². The molecule has 25 heavy (non-hydrogen) atoms. The summed E-state index contributed by atoms with van der Waals surface area (Å²) in [5.41, 5.74) is 0.498. The Morgan fingerprint density at radius 2 is 1.64 bits per heavy atom. The van der Waals surface area contributed by atoms with Crippen molar-refractivity contribution in [1.29, 1.82) is 0 Å². The van der Waals surface area contributed by atoms with Crippen LogP contribution < -0.4 is 4.74 Å². The first kappa shape index (κ1) is 17.4. The third kappa shape index (κ3) is 4.54. The van der Waals surface area contributed by atoms with Crippen molar-refractivity contribution in [2.24, 2.45) is 0 Å². The molecule has 1 aliphatic heterocycles. The van der Waals surface area contributed by atoms with Crippen LogP contribution in [0.15, 0.2) is 48.5 Å². The first-order chi connectivity index (χ1) is 12.1. The minimum atomic E-state index is -0.364. The average molecular weight is 346 g/mol. The molecule has 1 amide bonds. The zero-order valence-electron chi connectivity index (χ0n) is 13.8. The number of halogens is 2. The highest BCUT2D eigenvalue weighted by atomic mass is 19.1. The Bertz CT molecular complexity index is 714. The zero-order chi connectivity index (χ0) is 17.6. The molecule has 0 saturated carbocycles. The molecule has 4 nitrogen and oxygen atoms in total. The molecule has 1 saturated heterocycles. The lowest BCUT2D eigenvalue weighted by molar-refractivity contribution is 0.0619. The van der Waals surface area contributed by atoms with E-state index in [0.29, 0.717) is 31.8 Å². The van der Waals surface area contributed by atoms with Crippen LogP contribution in [0.5, 0.6) is 5.75 Å². The lowest BCUT2D eigenvalue weighted by atomic mass is 10.2. The van der Waals surface area contributed by atoms with Gasteiger partial charge in [0.05, 0.1) is 0 Å². The molecule has 2 aromatic rings. The summed E-state index contributed by atoms with van der Waals surface area (Å²) < 4.78 is 31.9. The fraction of sp³-hybridized carbons (Fsp3) is 0.316. The van der Waals surface area contributed by atoms with Crippen molar-refractivity contribution in [3.05, 3.63) is 65.7 Å². The smallest absolute Gasteiger partial charge is 0.253 e. The van der Waals surface area contributed by atoms with Crippen LogP contribution in [0.3, 0.4) is 0 Å². The molecular formula is C19H20F2N2O2. The van der Waals surface area contributed by atoms with Crippen molar-refractivity contribution >= 4 is 5.91 Å². The third-order valence-electron chi connectivity index (χ3n) is 4.25. The molecule has 0 N–H and O–H groups in total. The molecule has 0 spiro atoms. The summed E-state index contributed by atoms with van der Waals surface area (Å²) in [6, 6.07) is 11.9. The molecule has 3 rings (SSSR count). The number of hydrogen-bond acceptors (Lipinski definition) is 3. The van der Waals surface area contributed by atoms with Gasteiger partial charge in [0, 0.05) is 38.3 Å². The minimum Gasteiger partial charge on any atom is -0.489 e. The SMILES string of the molecule is O=C(c1ccc(F)cc1)N1CCN(CCOc2ccccc2F)CC1. The van der Waals surface area contributed by atoms with Crippen molar-refractivity contribution in [2.75, 3.05) is 39.3 Å². The van der Waals surface area contributed by atoms with E-state index in [1.165, 1.54) is 30.3 Å². The van der Waals surface area contributed by atoms with Crippen LogP contribution in [0.2, 0.25) is 0 Å². The number of para-hydroxylation sites is 1. The third-order valence-corrected chi connectivity index (χ3v) is 4.25. The number of ether oxygens (including phenoxy) is 1. The van der Waals surface area contributed by atoms with Crippen molar-refractivity contribution < 1.29 is 18.3 Å². The van der Waals surface area contributed by atoms with Gasteiger partial charge in [-0.05, 0) is 36.4 Å². The molecule has 0 unspecified atom stereocenters. The van der Waals surface area contributed by atoms with Crippen LogP contribution in [0, 0.1) is 11.6 Å². The monoisotopic (exact) mass is 346 g/mol. The summed E-state index contributed by atoms with van der Waals surface area (Å²) in [7, 11) is 0. The van der Waals surface area contributed by atoms with E-state index in [1.807, 2.05) is 0 Å².